The molecule has 3 aromatic carbocycles. The lowest BCUT2D eigenvalue weighted by molar-refractivity contribution is 0.145. The number of hydrogen-bond donors (Lipinski definition) is 3. The van der Waals surface area contributed by atoms with Crippen molar-refractivity contribution in [1.82, 2.24) is 9.97 Å². The number of nitrogens with one attached hydrogen (secondary N) is 2. The Morgan fingerprint density at radius 1 is 0.949 bits per heavy atom. The number of aliphatic hydroxyl groups is 1. The second-order valence-corrected chi connectivity index (χ2v) is 12.3. The van der Waals surface area contributed by atoms with Crippen LogP contribution in [0.3, 0.4) is 0 Å². The molecule has 2 heterocycles. The molecule has 0 spiro atoms. The monoisotopic (exact) mass is 547 g/mol. The Morgan fingerprint density at radius 3 is 2.41 bits per heavy atom. The number of aliphatic hydroxyl groups excluding tert-OH is 1. The predicted octanol–water partition coefficient (Wildman–Crippen LogP) is 5.27. The van der Waals surface area contributed by atoms with Crippen molar-refractivity contribution in [2.24, 2.45) is 0 Å². The van der Waals surface area contributed by atoms with E-state index in [9.17, 15) is 13.5 Å². The van der Waals surface area contributed by atoms with Crippen LogP contribution in [-0.2, 0) is 9.84 Å². The number of para-hydroxylation sites is 2. The van der Waals surface area contributed by atoms with Gasteiger partial charge in [0.25, 0.3) is 0 Å². The smallest absolute Gasteiger partial charge is 0.229 e. The van der Waals surface area contributed by atoms with Gasteiger partial charge in [0.1, 0.15) is 11.6 Å². The molecular formula is C29H33N5O4S. The van der Waals surface area contributed by atoms with Gasteiger partial charge in [0.05, 0.1) is 40.3 Å². The molecule has 0 atom stereocenters. The van der Waals surface area contributed by atoms with E-state index in [1.54, 1.807) is 45.2 Å². The Balaban J connectivity index is 1.49. The number of fused-ring (bicyclic) bond motifs is 1. The fourth-order valence-corrected chi connectivity index (χ4v) is 5.85. The van der Waals surface area contributed by atoms with Crippen LogP contribution in [0.2, 0.25) is 0 Å². The summed E-state index contributed by atoms with van der Waals surface area (Å²) in [6, 6.07) is 20.3. The molecule has 0 bridgehead atoms. The van der Waals surface area contributed by atoms with E-state index in [1.807, 2.05) is 42.5 Å². The van der Waals surface area contributed by atoms with Crippen LogP contribution in [0.5, 0.6) is 5.75 Å². The third-order valence-corrected chi connectivity index (χ3v) is 9.14. The fourth-order valence-electron chi connectivity index (χ4n) is 4.65. The summed E-state index contributed by atoms with van der Waals surface area (Å²) in [5, 5.41) is 16.6. The highest BCUT2D eigenvalue weighted by Gasteiger charge is 2.23. The summed E-state index contributed by atoms with van der Waals surface area (Å²) in [7, 11) is -1.91. The second kappa shape index (κ2) is 11.1. The minimum atomic E-state index is -3.52. The van der Waals surface area contributed by atoms with E-state index >= 15 is 0 Å². The number of ether oxygens (including phenoxy) is 1. The van der Waals surface area contributed by atoms with Crippen LogP contribution >= 0.6 is 0 Å². The number of rotatable bonds is 8. The standard InChI is InChI=1S/C29H33N5O4S/c1-19(2)39(36,37)27-11-7-6-10-25(27)30-28-22-8-4-5-9-23(22)31-29(33-28)32-24-13-12-20(18-26(24)38-3)34-16-14-21(35)15-17-34/h4-13,18-19,21,35H,14-17H2,1-3H3,(H2,30,31,32,33). The molecule has 0 unspecified atom stereocenters. The summed E-state index contributed by atoms with van der Waals surface area (Å²) in [6.45, 7) is 4.91. The molecular weight excluding hydrogens is 514 g/mol. The summed E-state index contributed by atoms with van der Waals surface area (Å²) in [5.41, 5.74) is 2.87. The Kier molecular flexibility index (Phi) is 7.58. The molecule has 4 aromatic rings. The maximum absolute atomic E-state index is 13.0. The maximum atomic E-state index is 13.0. The van der Waals surface area contributed by atoms with Gasteiger partial charge in [0, 0.05) is 30.2 Å². The number of nitrogens with zero attached hydrogens (tertiary/aromatic N) is 3. The molecule has 0 aliphatic carbocycles. The quantitative estimate of drug-likeness (QED) is 0.271. The van der Waals surface area contributed by atoms with Gasteiger partial charge in [0.2, 0.25) is 5.95 Å². The molecule has 1 aliphatic rings. The van der Waals surface area contributed by atoms with Crippen LogP contribution in [0.1, 0.15) is 26.7 Å². The molecule has 5 rings (SSSR count). The molecule has 1 fully saturated rings. The van der Waals surface area contributed by atoms with Crippen molar-refractivity contribution < 1.29 is 18.3 Å². The number of aromatic nitrogens is 2. The minimum absolute atomic E-state index is 0.222. The normalized spacial score (nSPS) is 14.5. The van der Waals surface area contributed by atoms with Gasteiger partial charge >= 0.3 is 0 Å². The van der Waals surface area contributed by atoms with Gasteiger partial charge < -0.3 is 25.4 Å². The number of hydrogen-bond acceptors (Lipinski definition) is 9. The van der Waals surface area contributed by atoms with Crippen molar-refractivity contribution in [3.05, 3.63) is 66.7 Å². The van der Waals surface area contributed by atoms with Gasteiger partial charge in [-0.1, -0.05) is 24.3 Å². The number of sulfone groups is 1. The third-order valence-electron chi connectivity index (χ3n) is 6.93. The van der Waals surface area contributed by atoms with Crippen molar-refractivity contribution in [2.75, 3.05) is 35.7 Å². The summed E-state index contributed by atoms with van der Waals surface area (Å²) in [5.74, 6) is 1.46. The van der Waals surface area contributed by atoms with Crippen molar-refractivity contribution in [1.29, 1.82) is 0 Å². The van der Waals surface area contributed by atoms with Crippen LogP contribution in [0.4, 0.5) is 28.8 Å². The molecule has 1 aliphatic heterocycles. The molecule has 39 heavy (non-hydrogen) atoms. The molecule has 3 N–H and O–H groups in total. The average Bonchev–Trinajstić information content (AvgIpc) is 2.94. The lowest BCUT2D eigenvalue weighted by Crippen LogP contribution is -2.35. The lowest BCUT2D eigenvalue weighted by atomic mass is 10.1. The van der Waals surface area contributed by atoms with Gasteiger partial charge in [-0.2, -0.15) is 4.98 Å². The Bertz CT molecular complexity index is 1580. The zero-order valence-corrected chi connectivity index (χ0v) is 23.1. The Hall–Kier alpha value is -3.89. The van der Waals surface area contributed by atoms with E-state index in [-0.39, 0.29) is 11.0 Å². The van der Waals surface area contributed by atoms with Gasteiger partial charge in [-0.05, 0) is 63.1 Å². The first-order valence-electron chi connectivity index (χ1n) is 13.0. The van der Waals surface area contributed by atoms with Gasteiger partial charge in [-0.3, -0.25) is 0 Å². The zero-order chi connectivity index (χ0) is 27.6. The first kappa shape index (κ1) is 26.7. The van der Waals surface area contributed by atoms with Crippen LogP contribution in [0.15, 0.2) is 71.6 Å². The molecule has 0 saturated carbocycles. The third kappa shape index (κ3) is 5.62. The highest BCUT2D eigenvalue weighted by atomic mass is 32.2. The van der Waals surface area contributed by atoms with Crippen LogP contribution < -0.4 is 20.3 Å². The largest absolute Gasteiger partial charge is 0.494 e. The molecule has 1 saturated heterocycles. The second-order valence-electron chi connectivity index (χ2n) is 9.86. The van der Waals surface area contributed by atoms with Gasteiger partial charge in [-0.25, -0.2) is 13.4 Å². The van der Waals surface area contributed by atoms with Crippen LogP contribution in [0.25, 0.3) is 10.9 Å². The van der Waals surface area contributed by atoms with Crippen molar-refractivity contribution in [2.45, 2.75) is 42.9 Å². The average molecular weight is 548 g/mol. The van der Waals surface area contributed by atoms with Gasteiger partial charge in [-0.15, -0.1) is 0 Å². The molecule has 10 heteroatoms. The predicted molar refractivity (Wildman–Crippen MR) is 155 cm³/mol. The van der Waals surface area contributed by atoms with Crippen molar-refractivity contribution in [3.63, 3.8) is 0 Å². The highest BCUT2D eigenvalue weighted by Crippen LogP contribution is 2.35. The van der Waals surface area contributed by atoms with E-state index in [1.165, 1.54) is 0 Å². The number of piperidine rings is 1. The molecule has 0 radical (unpaired) electrons. The van der Waals surface area contributed by atoms with Crippen molar-refractivity contribution >= 4 is 49.6 Å². The van der Waals surface area contributed by atoms with Crippen LogP contribution in [-0.4, -0.2) is 55.0 Å². The molecule has 204 valence electrons. The fraction of sp³-hybridized carbons (Fsp3) is 0.310. The molecule has 9 nitrogen and oxygen atoms in total. The van der Waals surface area contributed by atoms with Crippen LogP contribution in [0, 0.1) is 0 Å². The topological polar surface area (TPSA) is 117 Å². The van der Waals surface area contributed by atoms with E-state index in [0.717, 1.165) is 37.0 Å². The first-order chi connectivity index (χ1) is 18.8. The van der Waals surface area contributed by atoms with Gasteiger partial charge in [0.15, 0.2) is 9.84 Å². The lowest BCUT2D eigenvalue weighted by Gasteiger charge is -2.31. The van der Waals surface area contributed by atoms with E-state index < -0.39 is 15.1 Å². The maximum Gasteiger partial charge on any atom is 0.229 e. The summed E-state index contributed by atoms with van der Waals surface area (Å²) in [6.07, 6.45) is 1.24. The summed E-state index contributed by atoms with van der Waals surface area (Å²) < 4.78 is 31.7. The van der Waals surface area contributed by atoms with E-state index in [4.69, 9.17) is 14.7 Å². The number of anilines is 5. The number of benzene rings is 3. The number of methoxy groups -OCH3 is 1. The highest BCUT2D eigenvalue weighted by molar-refractivity contribution is 7.92. The van der Waals surface area contributed by atoms with Crippen molar-refractivity contribution in [3.8, 4) is 5.75 Å². The SMILES string of the molecule is COc1cc(N2CCC(O)CC2)ccc1Nc1nc(Nc2ccccc2S(=O)(=O)C(C)C)c2ccccc2n1. The summed E-state index contributed by atoms with van der Waals surface area (Å²) in [4.78, 5) is 11.9. The zero-order valence-electron chi connectivity index (χ0n) is 22.3. The van der Waals surface area contributed by atoms with E-state index in [0.29, 0.717) is 34.4 Å². The summed E-state index contributed by atoms with van der Waals surface area (Å²) >= 11 is 0. The molecule has 0 amide bonds. The van der Waals surface area contributed by atoms with E-state index in [2.05, 4.69) is 15.5 Å². The Morgan fingerprint density at radius 2 is 1.67 bits per heavy atom. The molecule has 1 aromatic heterocycles. The minimum Gasteiger partial charge on any atom is -0.494 e. The first-order valence-corrected chi connectivity index (χ1v) is 14.6. The Labute approximate surface area is 228 Å².